The molecule has 0 saturated carbocycles. The number of aromatic nitrogens is 2. The lowest BCUT2D eigenvalue weighted by molar-refractivity contribution is 0.102. The van der Waals surface area contributed by atoms with Crippen molar-refractivity contribution in [1.29, 1.82) is 0 Å². The molecule has 0 saturated heterocycles. The normalized spacial score (nSPS) is 10.0. The van der Waals surface area contributed by atoms with Gasteiger partial charge in [0.05, 0.1) is 7.11 Å². The zero-order chi connectivity index (χ0) is 12.3. The number of anilines is 1. The number of methoxy groups -OCH3 is 1. The first-order chi connectivity index (χ1) is 8.22. The highest BCUT2D eigenvalue weighted by Crippen LogP contribution is 2.25. The maximum Gasteiger partial charge on any atom is 0.270 e. The zero-order valence-corrected chi connectivity index (χ0v) is 10.4. The fourth-order valence-corrected chi connectivity index (χ4v) is 2.10. The molecule has 17 heavy (non-hydrogen) atoms. The molecule has 2 aromatic rings. The summed E-state index contributed by atoms with van der Waals surface area (Å²) < 4.78 is 5.05. The smallest absolute Gasteiger partial charge is 0.270 e. The number of nitrogens with zero attached hydrogens (tertiary/aromatic N) is 2. The third-order valence-electron chi connectivity index (χ3n) is 1.94. The Kier molecular flexibility index (Phi) is 3.55. The quantitative estimate of drug-likeness (QED) is 0.930. The second-order valence-electron chi connectivity index (χ2n) is 2.97. The third kappa shape index (κ3) is 2.54. The van der Waals surface area contributed by atoms with E-state index in [1.165, 1.54) is 30.8 Å². The summed E-state index contributed by atoms with van der Waals surface area (Å²) >= 11 is 7.07. The monoisotopic (exact) mass is 269 g/mol. The minimum Gasteiger partial charge on any atom is -0.495 e. The highest BCUT2D eigenvalue weighted by molar-refractivity contribution is 7.12. The summed E-state index contributed by atoms with van der Waals surface area (Å²) in [6.45, 7) is 0. The number of nitrogens with one attached hydrogen (secondary N) is 1. The summed E-state index contributed by atoms with van der Waals surface area (Å²) in [6.07, 6.45) is 2.90. The number of carbonyl (C=O) groups excluding carboxylic acids is 1. The van der Waals surface area contributed by atoms with Gasteiger partial charge in [-0.25, -0.2) is 9.97 Å². The Bertz CT molecular complexity index is 544. The van der Waals surface area contributed by atoms with E-state index in [9.17, 15) is 4.79 Å². The molecular formula is C10H8ClN3O2S. The standard InChI is InChI=1S/C10H8ClN3O2S/c1-16-6-2-5-17-7(6)10(15)14-9-8(11)12-3-4-13-9/h2-5H,1H3,(H,13,14,15). The average Bonchev–Trinajstić information content (AvgIpc) is 2.80. The Morgan fingerprint density at radius 1 is 1.47 bits per heavy atom. The van der Waals surface area contributed by atoms with Gasteiger partial charge < -0.3 is 10.1 Å². The molecule has 1 N–H and O–H groups in total. The summed E-state index contributed by atoms with van der Waals surface area (Å²) in [5.41, 5.74) is 0. The molecule has 5 nitrogen and oxygen atoms in total. The molecule has 88 valence electrons. The minimum absolute atomic E-state index is 0.149. The van der Waals surface area contributed by atoms with Crippen LogP contribution in [-0.4, -0.2) is 23.0 Å². The van der Waals surface area contributed by atoms with Gasteiger partial charge in [0.25, 0.3) is 5.91 Å². The van der Waals surface area contributed by atoms with Gasteiger partial charge >= 0.3 is 0 Å². The van der Waals surface area contributed by atoms with Crippen molar-refractivity contribution in [3.05, 3.63) is 33.9 Å². The van der Waals surface area contributed by atoms with Gasteiger partial charge in [0, 0.05) is 12.4 Å². The first-order valence-corrected chi connectivity index (χ1v) is 5.87. The van der Waals surface area contributed by atoms with Crippen molar-refractivity contribution in [3.63, 3.8) is 0 Å². The Labute approximate surface area is 106 Å². The van der Waals surface area contributed by atoms with Gasteiger partial charge in [-0.05, 0) is 11.4 Å². The van der Waals surface area contributed by atoms with E-state index in [4.69, 9.17) is 16.3 Å². The molecule has 2 rings (SSSR count). The average molecular weight is 270 g/mol. The van der Waals surface area contributed by atoms with Crippen LogP contribution in [0.4, 0.5) is 5.82 Å². The van der Waals surface area contributed by atoms with Crippen molar-refractivity contribution < 1.29 is 9.53 Å². The molecule has 2 heterocycles. The molecule has 1 amide bonds. The molecule has 0 atom stereocenters. The van der Waals surface area contributed by atoms with Crippen LogP contribution in [0.25, 0.3) is 0 Å². The topological polar surface area (TPSA) is 64.1 Å². The molecule has 0 aliphatic rings. The minimum atomic E-state index is -0.320. The van der Waals surface area contributed by atoms with Crippen LogP contribution in [0, 0.1) is 0 Å². The van der Waals surface area contributed by atoms with Crippen molar-refractivity contribution in [3.8, 4) is 5.75 Å². The van der Waals surface area contributed by atoms with Crippen molar-refractivity contribution in [2.45, 2.75) is 0 Å². The van der Waals surface area contributed by atoms with Crippen LogP contribution in [0.3, 0.4) is 0 Å². The highest BCUT2D eigenvalue weighted by Gasteiger charge is 2.15. The Morgan fingerprint density at radius 2 is 2.24 bits per heavy atom. The van der Waals surface area contributed by atoms with Crippen molar-refractivity contribution in [2.75, 3.05) is 12.4 Å². The van der Waals surface area contributed by atoms with E-state index in [-0.39, 0.29) is 16.9 Å². The van der Waals surface area contributed by atoms with Crippen LogP contribution in [0.5, 0.6) is 5.75 Å². The van der Waals surface area contributed by atoms with Crippen molar-refractivity contribution >= 4 is 34.7 Å². The summed E-state index contributed by atoms with van der Waals surface area (Å²) in [5, 5.41) is 4.49. The maximum atomic E-state index is 11.9. The number of hydrogen-bond acceptors (Lipinski definition) is 5. The van der Waals surface area contributed by atoms with E-state index in [2.05, 4.69) is 15.3 Å². The summed E-state index contributed by atoms with van der Waals surface area (Å²) in [4.78, 5) is 20.1. The molecule has 0 aromatic carbocycles. The Morgan fingerprint density at radius 3 is 2.94 bits per heavy atom. The summed E-state index contributed by atoms with van der Waals surface area (Å²) in [5.74, 6) is 0.432. The van der Waals surface area contributed by atoms with E-state index in [1.54, 1.807) is 11.4 Å². The van der Waals surface area contributed by atoms with Crippen LogP contribution in [-0.2, 0) is 0 Å². The van der Waals surface area contributed by atoms with Gasteiger partial charge in [0.2, 0.25) is 0 Å². The fraction of sp³-hybridized carbons (Fsp3) is 0.100. The van der Waals surface area contributed by atoms with Gasteiger partial charge in [0.1, 0.15) is 10.6 Å². The molecule has 0 unspecified atom stereocenters. The predicted octanol–water partition coefficient (Wildman–Crippen LogP) is 2.45. The van der Waals surface area contributed by atoms with Crippen LogP contribution >= 0.6 is 22.9 Å². The summed E-state index contributed by atoms with van der Waals surface area (Å²) in [7, 11) is 1.51. The molecule has 0 aliphatic carbocycles. The lowest BCUT2D eigenvalue weighted by Crippen LogP contribution is -2.13. The lowest BCUT2D eigenvalue weighted by Gasteiger charge is -2.05. The highest BCUT2D eigenvalue weighted by atomic mass is 35.5. The number of hydrogen-bond donors (Lipinski definition) is 1. The van der Waals surface area contributed by atoms with E-state index < -0.39 is 0 Å². The van der Waals surface area contributed by atoms with Gasteiger partial charge in [-0.15, -0.1) is 11.3 Å². The first kappa shape index (κ1) is 11.8. The zero-order valence-electron chi connectivity index (χ0n) is 8.81. The van der Waals surface area contributed by atoms with Crippen LogP contribution in [0.1, 0.15) is 9.67 Å². The van der Waals surface area contributed by atoms with E-state index in [0.29, 0.717) is 10.6 Å². The second-order valence-corrected chi connectivity index (χ2v) is 4.24. The molecule has 0 fully saturated rings. The number of thiophene rings is 1. The van der Waals surface area contributed by atoms with E-state index in [0.717, 1.165) is 0 Å². The molecule has 2 aromatic heterocycles. The van der Waals surface area contributed by atoms with Gasteiger partial charge in [-0.1, -0.05) is 11.6 Å². The third-order valence-corrected chi connectivity index (χ3v) is 3.11. The largest absolute Gasteiger partial charge is 0.495 e. The fourth-order valence-electron chi connectivity index (χ4n) is 1.19. The van der Waals surface area contributed by atoms with Crippen molar-refractivity contribution in [2.24, 2.45) is 0 Å². The van der Waals surface area contributed by atoms with Crippen molar-refractivity contribution in [1.82, 2.24) is 9.97 Å². The van der Waals surface area contributed by atoms with Gasteiger partial charge in [-0.3, -0.25) is 4.79 Å². The van der Waals surface area contributed by atoms with Gasteiger partial charge in [0.15, 0.2) is 11.0 Å². The predicted molar refractivity (Wildman–Crippen MR) is 65.9 cm³/mol. The maximum absolute atomic E-state index is 11.9. The van der Waals surface area contributed by atoms with Crippen LogP contribution in [0.2, 0.25) is 5.15 Å². The van der Waals surface area contributed by atoms with Crippen LogP contribution in [0.15, 0.2) is 23.8 Å². The number of amides is 1. The number of carbonyl (C=O) groups is 1. The van der Waals surface area contributed by atoms with Crippen LogP contribution < -0.4 is 10.1 Å². The number of rotatable bonds is 3. The molecule has 0 bridgehead atoms. The van der Waals surface area contributed by atoms with E-state index >= 15 is 0 Å². The SMILES string of the molecule is COc1ccsc1C(=O)Nc1nccnc1Cl. The Hall–Kier alpha value is -1.66. The van der Waals surface area contributed by atoms with E-state index in [1.807, 2.05) is 0 Å². The number of ether oxygens (including phenoxy) is 1. The molecular weight excluding hydrogens is 262 g/mol. The second kappa shape index (κ2) is 5.11. The molecule has 7 heteroatoms. The van der Waals surface area contributed by atoms with Gasteiger partial charge in [-0.2, -0.15) is 0 Å². The first-order valence-electron chi connectivity index (χ1n) is 4.61. The number of halogens is 1. The summed E-state index contributed by atoms with van der Waals surface area (Å²) in [6, 6.07) is 1.72. The molecule has 0 aliphatic heterocycles. The molecule has 0 radical (unpaired) electrons. The Balaban J connectivity index is 2.20. The lowest BCUT2D eigenvalue weighted by atomic mass is 10.4. The molecule has 0 spiro atoms.